The molecule has 1 heterocycles. The minimum absolute atomic E-state index is 0.192. The molecular formula is C14H22N4. The summed E-state index contributed by atoms with van der Waals surface area (Å²) in [5, 5.41) is 0. The summed E-state index contributed by atoms with van der Waals surface area (Å²) in [5.41, 5.74) is 9.43. The lowest BCUT2D eigenvalue weighted by atomic mass is 9.99. The van der Waals surface area contributed by atoms with Crippen LogP contribution in [0.5, 0.6) is 0 Å². The fourth-order valence-electron chi connectivity index (χ4n) is 2.36. The van der Waals surface area contributed by atoms with Gasteiger partial charge in [0.1, 0.15) is 0 Å². The van der Waals surface area contributed by atoms with Crippen LogP contribution in [0, 0.1) is 0 Å². The van der Waals surface area contributed by atoms with E-state index in [1.165, 1.54) is 5.56 Å². The summed E-state index contributed by atoms with van der Waals surface area (Å²) in [4.78, 5) is 6.63. The van der Waals surface area contributed by atoms with Crippen molar-refractivity contribution in [1.29, 1.82) is 0 Å². The van der Waals surface area contributed by atoms with Gasteiger partial charge in [-0.1, -0.05) is 6.07 Å². The number of benzene rings is 1. The molecule has 2 atom stereocenters. The molecule has 0 bridgehead atoms. The van der Waals surface area contributed by atoms with Crippen molar-refractivity contribution in [3.8, 4) is 0 Å². The Labute approximate surface area is 108 Å². The number of aryl methyl sites for hydroxylation is 1. The monoisotopic (exact) mass is 246 g/mol. The molecule has 0 saturated carbocycles. The molecule has 0 radical (unpaired) electrons. The Hall–Kier alpha value is -1.39. The van der Waals surface area contributed by atoms with Crippen molar-refractivity contribution >= 4 is 11.0 Å². The summed E-state index contributed by atoms with van der Waals surface area (Å²) < 4.78 is 2.04. The summed E-state index contributed by atoms with van der Waals surface area (Å²) >= 11 is 0. The first kappa shape index (κ1) is 13.1. The fourth-order valence-corrected chi connectivity index (χ4v) is 2.36. The molecule has 18 heavy (non-hydrogen) atoms. The van der Waals surface area contributed by atoms with Crippen molar-refractivity contribution < 1.29 is 0 Å². The molecule has 98 valence electrons. The van der Waals surface area contributed by atoms with E-state index in [0.29, 0.717) is 6.04 Å². The summed E-state index contributed by atoms with van der Waals surface area (Å²) in [7, 11) is 6.20. The number of rotatable bonds is 4. The lowest BCUT2D eigenvalue weighted by molar-refractivity contribution is 0.272. The summed E-state index contributed by atoms with van der Waals surface area (Å²) in [6, 6.07) is 7.02. The van der Waals surface area contributed by atoms with Crippen LogP contribution < -0.4 is 5.73 Å². The molecule has 0 fully saturated rings. The second-order valence-corrected chi connectivity index (χ2v) is 5.30. The predicted molar refractivity (Wildman–Crippen MR) is 75.4 cm³/mol. The van der Waals surface area contributed by atoms with Crippen LogP contribution in [0.1, 0.15) is 24.9 Å². The van der Waals surface area contributed by atoms with Gasteiger partial charge in [-0.25, -0.2) is 4.98 Å². The van der Waals surface area contributed by atoms with Crippen molar-refractivity contribution in [2.45, 2.75) is 25.4 Å². The van der Waals surface area contributed by atoms with E-state index in [1.54, 1.807) is 0 Å². The van der Waals surface area contributed by atoms with Crippen molar-refractivity contribution in [3.05, 3.63) is 30.1 Å². The van der Waals surface area contributed by atoms with Crippen LogP contribution in [0.2, 0.25) is 0 Å². The number of hydrogen-bond donors (Lipinski definition) is 1. The van der Waals surface area contributed by atoms with Crippen LogP contribution in [-0.2, 0) is 7.05 Å². The molecule has 0 spiro atoms. The molecule has 2 N–H and O–H groups in total. The average Bonchev–Trinajstić information content (AvgIpc) is 2.67. The second-order valence-electron chi connectivity index (χ2n) is 5.30. The van der Waals surface area contributed by atoms with Gasteiger partial charge in [0, 0.05) is 19.1 Å². The van der Waals surface area contributed by atoms with Gasteiger partial charge in [0.15, 0.2) is 0 Å². The van der Waals surface area contributed by atoms with E-state index >= 15 is 0 Å². The topological polar surface area (TPSA) is 47.1 Å². The lowest BCUT2D eigenvalue weighted by Gasteiger charge is -2.26. The molecule has 1 aromatic heterocycles. The Kier molecular flexibility index (Phi) is 3.68. The Balaban J connectivity index is 2.38. The molecule has 0 aliphatic heterocycles. The minimum atomic E-state index is 0.192. The van der Waals surface area contributed by atoms with Gasteiger partial charge in [-0.05, 0) is 45.1 Å². The van der Waals surface area contributed by atoms with Crippen LogP contribution in [0.4, 0.5) is 0 Å². The quantitative estimate of drug-likeness (QED) is 0.896. The first-order valence-electron chi connectivity index (χ1n) is 6.32. The number of nitrogens with zero attached hydrogens (tertiary/aromatic N) is 3. The minimum Gasteiger partial charge on any atom is -0.334 e. The summed E-state index contributed by atoms with van der Waals surface area (Å²) in [5.74, 6) is 0. The largest absolute Gasteiger partial charge is 0.334 e. The van der Waals surface area contributed by atoms with Crippen LogP contribution >= 0.6 is 0 Å². The fraction of sp³-hybridized carbons (Fsp3) is 0.500. The molecule has 4 heteroatoms. The molecule has 2 aromatic rings. The smallest absolute Gasteiger partial charge is 0.0955 e. The standard InChI is InChI=1S/C14H22N4/c1-10(15)7-14(17(2)3)11-5-6-13-12(8-11)16-9-18(13)4/h5-6,8-10,14H,7,15H2,1-4H3. The number of aromatic nitrogens is 2. The highest BCUT2D eigenvalue weighted by Gasteiger charge is 2.16. The lowest BCUT2D eigenvalue weighted by Crippen LogP contribution is -2.27. The molecule has 0 amide bonds. The number of imidazole rings is 1. The van der Waals surface area contributed by atoms with E-state index in [-0.39, 0.29) is 6.04 Å². The third-order valence-electron chi connectivity index (χ3n) is 3.35. The highest BCUT2D eigenvalue weighted by molar-refractivity contribution is 5.76. The van der Waals surface area contributed by atoms with Gasteiger partial charge in [0.2, 0.25) is 0 Å². The maximum atomic E-state index is 5.94. The Morgan fingerprint density at radius 1 is 1.39 bits per heavy atom. The number of nitrogens with two attached hydrogens (primary N) is 1. The second kappa shape index (κ2) is 5.08. The maximum absolute atomic E-state index is 5.94. The van der Waals surface area contributed by atoms with E-state index in [0.717, 1.165) is 17.5 Å². The van der Waals surface area contributed by atoms with Crippen LogP contribution in [0.15, 0.2) is 24.5 Å². The normalized spacial score (nSPS) is 15.2. The van der Waals surface area contributed by atoms with Crippen molar-refractivity contribution in [3.63, 3.8) is 0 Å². The molecular weight excluding hydrogens is 224 g/mol. The maximum Gasteiger partial charge on any atom is 0.0955 e. The predicted octanol–water partition coefficient (Wildman–Crippen LogP) is 1.91. The zero-order valence-electron chi connectivity index (χ0n) is 11.6. The van der Waals surface area contributed by atoms with Crippen molar-refractivity contribution in [2.24, 2.45) is 12.8 Å². The van der Waals surface area contributed by atoms with Crippen LogP contribution in [0.25, 0.3) is 11.0 Å². The first-order chi connectivity index (χ1) is 8.49. The SMILES string of the molecule is CC(N)CC(c1ccc2c(c1)ncn2C)N(C)C. The van der Waals surface area contributed by atoms with Gasteiger partial charge in [-0.15, -0.1) is 0 Å². The van der Waals surface area contributed by atoms with Gasteiger partial charge in [0.05, 0.1) is 17.4 Å². The van der Waals surface area contributed by atoms with Gasteiger partial charge in [-0.2, -0.15) is 0 Å². The number of fused-ring (bicyclic) bond motifs is 1. The van der Waals surface area contributed by atoms with E-state index in [4.69, 9.17) is 5.73 Å². The molecule has 0 aliphatic carbocycles. The first-order valence-corrected chi connectivity index (χ1v) is 6.32. The van der Waals surface area contributed by atoms with Crippen molar-refractivity contribution in [1.82, 2.24) is 14.5 Å². The van der Waals surface area contributed by atoms with E-state index in [9.17, 15) is 0 Å². The Morgan fingerprint density at radius 2 is 2.11 bits per heavy atom. The zero-order valence-corrected chi connectivity index (χ0v) is 11.6. The average molecular weight is 246 g/mol. The zero-order chi connectivity index (χ0) is 13.3. The highest BCUT2D eigenvalue weighted by atomic mass is 15.1. The van der Waals surface area contributed by atoms with Gasteiger partial charge >= 0.3 is 0 Å². The van der Waals surface area contributed by atoms with E-state index in [2.05, 4.69) is 49.1 Å². The van der Waals surface area contributed by atoms with E-state index in [1.807, 2.05) is 17.9 Å². The number of hydrogen-bond acceptors (Lipinski definition) is 3. The van der Waals surface area contributed by atoms with Crippen molar-refractivity contribution in [2.75, 3.05) is 14.1 Å². The molecule has 2 unspecified atom stereocenters. The Bertz CT molecular complexity index is 528. The molecule has 2 rings (SSSR count). The molecule has 1 aromatic carbocycles. The molecule has 4 nitrogen and oxygen atoms in total. The van der Waals surface area contributed by atoms with Crippen LogP contribution in [0.3, 0.4) is 0 Å². The van der Waals surface area contributed by atoms with Gasteiger partial charge < -0.3 is 15.2 Å². The molecule has 0 aliphatic rings. The van der Waals surface area contributed by atoms with Gasteiger partial charge in [0.25, 0.3) is 0 Å². The summed E-state index contributed by atoms with van der Waals surface area (Å²) in [6.07, 6.45) is 2.80. The summed E-state index contributed by atoms with van der Waals surface area (Å²) in [6.45, 7) is 2.05. The third-order valence-corrected chi connectivity index (χ3v) is 3.35. The third kappa shape index (κ3) is 2.54. The van der Waals surface area contributed by atoms with Crippen LogP contribution in [-0.4, -0.2) is 34.6 Å². The van der Waals surface area contributed by atoms with E-state index < -0.39 is 0 Å². The molecule has 0 saturated heterocycles. The highest BCUT2D eigenvalue weighted by Crippen LogP contribution is 2.25. The Morgan fingerprint density at radius 3 is 2.72 bits per heavy atom. The van der Waals surface area contributed by atoms with Gasteiger partial charge in [-0.3, -0.25) is 0 Å².